The molecule has 1 fully saturated rings. The summed E-state index contributed by atoms with van der Waals surface area (Å²) in [5.74, 6) is -2.02. The van der Waals surface area contributed by atoms with Crippen molar-refractivity contribution in [2.75, 3.05) is 0 Å². The van der Waals surface area contributed by atoms with E-state index in [-0.39, 0.29) is 37.0 Å². The first-order chi connectivity index (χ1) is 10.1. The highest BCUT2D eigenvalue weighted by Crippen LogP contribution is 2.39. The summed E-state index contributed by atoms with van der Waals surface area (Å²) in [6, 6.07) is 1.33. The lowest BCUT2D eigenvalue weighted by atomic mass is 9.88. The van der Waals surface area contributed by atoms with E-state index in [4.69, 9.17) is 4.42 Å². The molecular formula is C13H16F3NO4S. The van der Waals surface area contributed by atoms with Gasteiger partial charge in [0.1, 0.15) is 5.76 Å². The van der Waals surface area contributed by atoms with Crippen LogP contribution in [0.2, 0.25) is 0 Å². The zero-order valence-corrected chi connectivity index (χ0v) is 12.6. The molecular weight excluding hydrogens is 323 g/mol. The van der Waals surface area contributed by atoms with E-state index in [1.54, 1.807) is 0 Å². The minimum atomic E-state index is -4.30. The van der Waals surface area contributed by atoms with Gasteiger partial charge in [0.25, 0.3) is 5.91 Å². The average Bonchev–Trinajstić information content (AvgIpc) is 2.84. The second kappa shape index (κ2) is 5.94. The maximum atomic E-state index is 12.6. The van der Waals surface area contributed by atoms with Crippen molar-refractivity contribution < 1.29 is 30.8 Å². The average molecular weight is 339 g/mol. The van der Waals surface area contributed by atoms with Gasteiger partial charge in [0, 0.05) is 0 Å². The smallest absolute Gasteiger partial charge is 0.391 e. The summed E-state index contributed by atoms with van der Waals surface area (Å²) in [6.07, 6.45) is -3.76. The Labute approximate surface area is 125 Å². The molecule has 1 heterocycles. The van der Waals surface area contributed by atoms with Gasteiger partial charge >= 0.3 is 6.18 Å². The van der Waals surface area contributed by atoms with Crippen LogP contribution in [0.5, 0.6) is 0 Å². The standard InChI is InChI=1S/C13H16F3NO4S/c1-8-11(6-7-21-8)12(18)17-22(19,20)10-4-2-9(3-5-10)13(14,15)16/h6-7,9-10H,2-5H2,1H3,(H,17,18). The van der Waals surface area contributed by atoms with E-state index >= 15 is 0 Å². The number of carbonyl (C=O) groups is 1. The van der Waals surface area contributed by atoms with E-state index in [1.807, 2.05) is 4.72 Å². The van der Waals surface area contributed by atoms with Gasteiger partial charge in [-0.2, -0.15) is 13.2 Å². The van der Waals surface area contributed by atoms with Crippen LogP contribution in [-0.2, 0) is 10.0 Å². The Hall–Kier alpha value is -1.51. The molecule has 0 atom stereocenters. The van der Waals surface area contributed by atoms with Crippen LogP contribution in [0.1, 0.15) is 41.8 Å². The number of furan rings is 1. The number of aryl methyl sites for hydroxylation is 1. The number of carbonyl (C=O) groups excluding carboxylic acids is 1. The van der Waals surface area contributed by atoms with Gasteiger partial charge < -0.3 is 4.42 Å². The zero-order chi connectivity index (χ0) is 16.5. The van der Waals surface area contributed by atoms with E-state index in [2.05, 4.69) is 0 Å². The number of hydrogen-bond acceptors (Lipinski definition) is 4. The van der Waals surface area contributed by atoms with E-state index in [0.29, 0.717) is 0 Å². The van der Waals surface area contributed by atoms with Gasteiger partial charge in [0.15, 0.2) is 0 Å². The third-order valence-corrected chi connectivity index (χ3v) is 5.73. The first-order valence-electron chi connectivity index (χ1n) is 6.78. The van der Waals surface area contributed by atoms with Crippen molar-refractivity contribution in [3.8, 4) is 0 Å². The number of halogens is 3. The van der Waals surface area contributed by atoms with Gasteiger partial charge in [0.05, 0.1) is 23.0 Å². The summed E-state index contributed by atoms with van der Waals surface area (Å²) < 4.78 is 68.8. The summed E-state index contributed by atoms with van der Waals surface area (Å²) in [6.45, 7) is 1.51. The topological polar surface area (TPSA) is 76.4 Å². The SMILES string of the molecule is Cc1occc1C(=O)NS(=O)(=O)C1CCC(C(F)(F)F)CC1. The van der Waals surface area contributed by atoms with Crippen LogP contribution in [0, 0.1) is 12.8 Å². The van der Waals surface area contributed by atoms with Gasteiger partial charge in [0.2, 0.25) is 10.0 Å². The van der Waals surface area contributed by atoms with Crippen molar-refractivity contribution in [2.24, 2.45) is 5.92 Å². The van der Waals surface area contributed by atoms with Crippen LogP contribution in [0.15, 0.2) is 16.7 Å². The van der Waals surface area contributed by atoms with Crippen LogP contribution in [0.3, 0.4) is 0 Å². The normalized spacial score (nSPS) is 23.3. The molecule has 1 N–H and O–H groups in total. The molecule has 1 aliphatic rings. The number of nitrogens with one attached hydrogen (secondary N) is 1. The van der Waals surface area contributed by atoms with Crippen LogP contribution in [0.4, 0.5) is 13.2 Å². The molecule has 0 aliphatic heterocycles. The van der Waals surface area contributed by atoms with Crippen molar-refractivity contribution in [3.05, 3.63) is 23.7 Å². The number of rotatable bonds is 3. The molecule has 0 aromatic carbocycles. The van der Waals surface area contributed by atoms with E-state index in [1.165, 1.54) is 19.3 Å². The lowest BCUT2D eigenvalue weighted by molar-refractivity contribution is -0.181. The highest BCUT2D eigenvalue weighted by molar-refractivity contribution is 7.90. The van der Waals surface area contributed by atoms with Crippen molar-refractivity contribution >= 4 is 15.9 Å². The lowest BCUT2D eigenvalue weighted by Crippen LogP contribution is -2.41. The summed E-state index contributed by atoms with van der Waals surface area (Å²) in [7, 11) is -4.00. The monoisotopic (exact) mass is 339 g/mol. The first kappa shape index (κ1) is 16.9. The maximum Gasteiger partial charge on any atom is 0.391 e. The Morgan fingerprint density at radius 2 is 1.86 bits per heavy atom. The lowest BCUT2D eigenvalue weighted by Gasteiger charge is -2.29. The van der Waals surface area contributed by atoms with Gasteiger partial charge in [-0.25, -0.2) is 13.1 Å². The summed E-state index contributed by atoms with van der Waals surface area (Å²) >= 11 is 0. The Balaban J connectivity index is 2.00. The fourth-order valence-electron chi connectivity index (χ4n) is 2.59. The van der Waals surface area contributed by atoms with Crippen molar-refractivity contribution in [2.45, 2.75) is 44.0 Å². The molecule has 0 spiro atoms. The van der Waals surface area contributed by atoms with Gasteiger partial charge in [-0.1, -0.05) is 0 Å². The third kappa shape index (κ3) is 3.63. The van der Waals surface area contributed by atoms with Gasteiger partial charge in [-0.3, -0.25) is 4.79 Å². The molecule has 1 aliphatic carbocycles. The zero-order valence-electron chi connectivity index (χ0n) is 11.8. The molecule has 124 valence electrons. The van der Waals surface area contributed by atoms with Gasteiger partial charge in [-0.05, 0) is 38.7 Å². The fraction of sp³-hybridized carbons (Fsp3) is 0.615. The minimum Gasteiger partial charge on any atom is -0.469 e. The van der Waals surface area contributed by atoms with Crippen molar-refractivity contribution in [1.82, 2.24) is 4.72 Å². The van der Waals surface area contributed by atoms with Gasteiger partial charge in [-0.15, -0.1) is 0 Å². The summed E-state index contributed by atoms with van der Waals surface area (Å²) in [5.41, 5.74) is 0.0903. The Kier molecular flexibility index (Phi) is 4.55. The van der Waals surface area contributed by atoms with E-state index in [9.17, 15) is 26.4 Å². The Bertz CT molecular complexity index is 642. The van der Waals surface area contributed by atoms with Crippen molar-refractivity contribution in [1.29, 1.82) is 0 Å². The molecule has 0 unspecified atom stereocenters. The molecule has 22 heavy (non-hydrogen) atoms. The predicted octanol–water partition coefficient (Wildman–Crippen LogP) is 2.77. The first-order valence-corrected chi connectivity index (χ1v) is 8.32. The summed E-state index contributed by atoms with van der Waals surface area (Å²) in [4.78, 5) is 11.9. The van der Waals surface area contributed by atoms with Crippen LogP contribution in [-0.4, -0.2) is 25.8 Å². The van der Waals surface area contributed by atoms with E-state index < -0.39 is 33.3 Å². The number of sulfonamides is 1. The largest absolute Gasteiger partial charge is 0.469 e. The van der Waals surface area contributed by atoms with E-state index in [0.717, 1.165) is 0 Å². The molecule has 0 bridgehead atoms. The fourth-order valence-corrected chi connectivity index (χ4v) is 4.02. The molecule has 0 saturated heterocycles. The number of alkyl halides is 3. The molecule has 1 aromatic heterocycles. The molecule has 2 rings (SSSR count). The van der Waals surface area contributed by atoms with Crippen LogP contribution >= 0.6 is 0 Å². The predicted molar refractivity (Wildman–Crippen MR) is 71.6 cm³/mol. The third-order valence-electron chi connectivity index (χ3n) is 3.91. The second-order valence-electron chi connectivity index (χ2n) is 5.38. The minimum absolute atomic E-state index is 0.0903. The number of amides is 1. The quantitative estimate of drug-likeness (QED) is 0.919. The van der Waals surface area contributed by atoms with Crippen LogP contribution < -0.4 is 4.72 Å². The highest BCUT2D eigenvalue weighted by Gasteiger charge is 2.44. The number of hydrogen-bond donors (Lipinski definition) is 1. The molecule has 1 amide bonds. The maximum absolute atomic E-state index is 12.6. The molecule has 9 heteroatoms. The molecule has 1 saturated carbocycles. The summed E-state index contributed by atoms with van der Waals surface area (Å²) in [5, 5.41) is -0.984. The molecule has 1 aromatic rings. The Morgan fingerprint density at radius 3 is 2.32 bits per heavy atom. The highest BCUT2D eigenvalue weighted by atomic mass is 32.2. The van der Waals surface area contributed by atoms with Crippen LogP contribution in [0.25, 0.3) is 0 Å². The molecule has 0 radical (unpaired) electrons. The van der Waals surface area contributed by atoms with Crippen molar-refractivity contribution in [3.63, 3.8) is 0 Å². The second-order valence-corrected chi connectivity index (χ2v) is 7.34. The Morgan fingerprint density at radius 1 is 1.27 bits per heavy atom. The molecule has 5 nitrogen and oxygen atoms in total.